The summed E-state index contributed by atoms with van der Waals surface area (Å²) in [6.07, 6.45) is 3.32. The zero-order valence-corrected chi connectivity index (χ0v) is 14.2. The summed E-state index contributed by atoms with van der Waals surface area (Å²) in [5.74, 6) is 0. The number of nitrogens with zero attached hydrogens (tertiary/aromatic N) is 1. The van der Waals surface area contributed by atoms with E-state index in [1.807, 2.05) is 6.07 Å². The Labute approximate surface area is 144 Å². The van der Waals surface area contributed by atoms with E-state index in [0.29, 0.717) is 11.2 Å². The summed E-state index contributed by atoms with van der Waals surface area (Å²) in [6.45, 7) is 0. The first-order valence-electron chi connectivity index (χ1n) is 7.77. The van der Waals surface area contributed by atoms with Gasteiger partial charge in [-0.2, -0.15) is 0 Å². The van der Waals surface area contributed by atoms with Crippen molar-refractivity contribution in [2.45, 2.75) is 25.3 Å². The van der Waals surface area contributed by atoms with E-state index in [4.69, 9.17) is 17.2 Å². The van der Waals surface area contributed by atoms with Gasteiger partial charge < -0.3 is 10.6 Å². The topological polar surface area (TPSA) is 37.0 Å². The van der Waals surface area contributed by atoms with Crippen molar-refractivity contribution in [3.8, 4) is 0 Å². The average Bonchev–Trinajstić information content (AvgIpc) is 3.25. The molecule has 2 aromatic carbocycles. The molecule has 0 spiro atoms. The van der Waals surface area contributed by atoms with Gasteiger partial charge >= 0.3 is 0 Å². The van der Waals surface area contributed by atoms with Crippen molar-refractivity contribution in [1.29, 1.82) is 0 Å². The molecular weight excluding hydrogens is 322 g/mol. The number of thiocarbonyl (C=S) groups is 1. The Morgan fingerprint density at radius 2 is 1.91 bits per heavy atom. The first-order chi connectivity index (χ1) is 11.3. The fourth-order valence-electron chi connectivity index (χ4n) is 2.46. The van der Waals surface area contributed by atoms with Gasteiger partial charge in [-0.15, -0.1) is 11.3 Å². The predicted octanol–water partition coefficient (Wildman–Crippen LogP) is 4.34. The highest BCUT2D eigenvalue weighted by atomic mass is 32.1. The standard InChI is InChI=1S/C18H17N3S2/c22-18(20-14-9-10-14)19-13-7-5-12(6-8-13)11-17-21-15-3-1-2-4-16(15)23-17/h1-8,14H,9-11H2,(H2,19,20,22). The number of hydrogen-bond acceptors (Lipinski definition) is 3. The van der Waals surface area contributed by atoms with Crippen molar-refractivity contribution in [3.63, 3.8) is 0 Å². The molecule has 4 rings (SSSR count). The van der Waals surface area contributed by atoms with Crippen LogP contribution in [-0.2, 0) is 6.42 Å². The summed E-state index contributed by atoms with van der Waals surface area (Å²) in [7, 11) is 0. The van der Waals surface area contributed by atoms with Crippen molar-refractivity contribution in [2.24, 2.45) is 0 Å². The second-order valence-corrected chi connectivity index (χ2v) is 7.35. The Balaban J connectivity index is 1.41. The molecule has 1 aromatic heterocycles. The molecule has 0 amide bonds. The van der Waals surface area contributed by atoms with E-state index in [-0.39, 0.29) is 0 Å². The molecule has 0 radical (unpaired) electrons. The molecule has 23 heavy (non-hydrogen) atoms. The zero-order chi connectivity index (χ0) is 15.6. The minimum Gasteiger partial charge on any atom is -0.360 e. The van der Waals surface area contributed by atoms with Crippen LogP contribution in [-0.4, -0.2) is 16.1 Å². The van der Waals surface area contributed by atoms with Gasteiger partial charge in [-0.25, -0.2) is 4.98 Å². The Morgan fingerprint density at radius 3 is 2.65 bits per heavy atom. The van der Waals surface area contributed by atoms with Gasteiger partial charge in [-0.3, -0.25) is 0 Å². The molecule has 0 aliphatic heterocycles. The van der Waals surface area contributed by atoms with Crippen molar-refractivity contribution in [3.05, 3.63) is 59.1 Å². The molecular formula is C18H17N3S2. The maximum Gasteiger partial charge on any atom is 0.170 e. The largest absolute Gasteiger partial charge is 0.360 e. The van der Waals surface area contributed by atoms with Gasteiger partial charge in [0.15, 0.2) is 5.11 Å². The van der Waals surface area contributed by atoms with Crippen LogP contribution in [0.5, 0.6) is 0 Å². The number of thiazole rings is 1. The normalized spacial score (nSPS) is 13.9. The average molecular weight is 339 g/mol. The number of aromatic nitrogens is 1. The number of rotatable bonds is 4. The lowest BCUT2D eigenvalue weighted by atomic mass is 10.1. The second kappa shape index (κ2) is 6.26. The van der Waals surface area contributed by atoms with Gasteiger partial charge in [0.25, 0.3) is 0 Å². The lowest BCUT2D eigenvalue weighted by molar-refractivity contribution is 0.919. The van der Waals surface area contributed by atoms with E-state index < -0.39 is 0 Å². The summed E-state index contributed by atoms with van der Waals surface area (Å²) in [5, 5.41) is 8.38. The Kier molecular flexibility index (Phi) is 3.97. The minimum absolute atomic E-state index is 0.577. The zero-order valence-electron chi connectivity index (χ0n) is 12.6. The van der Waals surface area contributed by atoms with E-state index in [1.54, 1.807) is 11.3 Å². The van der Waals surface area contributed by atoms with E-state index in [0.717, 1.165) is 22.6 Å². The van der Waals surface area contributed by atoms with Gasteiger partial charge in [-0.1, -0.05) is 24.3 Å². The van der Waals surface area contributed by atoms with Gasteiger partial charge in [0.05, 0.1) is 15.2 Å². The number of nitrogens with one attached hydrogen (secondary N) is 2. The fourth-order valence-corrected chi connectivity index (χ4v) is 3.74. The lowest BCUT2D eigenvalue weighted by Crippen LogP contribution is -2.30. The summed E-state index contributed by atoms with van der Waals surface area (Å²) in [4.78, 5) is 4.69. The molecule has 0 atom stereocenters. The van der Waals surface area contributed by atoms with Crippen LogP contribution < -0.4 is 10.6 Å². The van der Waals surface area contributed by atoms with Gasteiger partial charge in [0.2, 0.25) is 0 Å². The maximum absolute atomic E-state index is 5.30. The lowest BCUT2D eigenvalue weighted by Gasteiger charge is -2.09. The summed E-state index contributed by atoms with van der Waals surface area (Å²) >= 11 is 7.06. The van der Waals surface area contributed by atoms with Crippen LogP contribution in [0.15, 0.2) is 48.5 Å². The maximum atomic E-state index is 5.30. The molecule has 1 heterocycles. The van der Waals surface area contributed by atoms with Crippen LogP contribution >= 0.6 is 23.6 Å². The number of benzene rings is 2. The summed E-state index contributed by atoms with van der Waals surface area (Å²) in [6, 6.07) is 17.3. The number of para-hydroxylation sites is 1. The van der Waals surface area contributed by atoms with Crippen LogP contribution in [0.1, 0.15) is 23.4 Å². The number of fused-ring (bicyclic) bond motifs is 1. The number of anilines is 1. The SMILES string of the molecule is S=C(Nc1ccc(Cc2nc3ccccc3s2)cc1)NC1CC1. The van der Waals surface area contributed by atoms with E-state index in [1.165, 1.54) is 23.1 Å². The molecule has 3 aromatic rings. The van der Waals surface area contributed by atoms with Crippen molar-refractivity contribution >= 4 is 44.6 Å². The molecule has 2 N–H and O–H groups in total. The van der Waals surface area contributed by atoms with Crippen molar-refractivity contribution in [1.82, 2.24) is 10.3 Å². The third-order valence-electron chi connectivity index (χ3n) is 3.82. The second-order valence-electron chi connectivity index (χ2n) is 5.82. The van der Waals surface area contributed by atoms with E-state index in [2.05, 4.69) is 53.1 Å². The molecule has 1 saturated carbocycles. The van der Waals surface area contributed by atoms with Gasteiger partial charge in [-0.05, 0) is 54.9 Å². The van der Waals surface area contributed by atoms with E-state index in [9.17, 15) is 0 Å². The molecule has 3 nitrogen and oxygen atoms in total. The van der Waals surface area contributed by atoms with Crippen LogP contribution in [0, 0.1) is 0 Å². The van der Waals surface area contributed by atoms with Crippen molar-refractivity contribution in [2.75, 3.05) is 5.32 Å². The summed E-state index contributed by atoms with van der Waals surface area (Å²) in [5.41, 5.74) is 3.37. The monoisotopic (exact) mass is 339 g/mol. The Morgan fingerprint density at radius 1 is 1.13 bits per heavy atom. The Bertz CT molecular complexity index is 802. The third kappa shape index (κ3) is 3.68. The molecule has 5 heteroatoms. The highest BCUT2D eigenvalue weighted by Crippen LogP contribution is 2.24. The molecule has 0 unspecified atom stereocenters. The predicted molar refractivity (Wildman–Crippen MR) is 101 cm³/mol. The minimum atomic E-state index is 0.577. The van der Waals surface area contributed by atoms with Crippen molar-refractivity contribution < 1.29 is 0 Å². The Hall–Kier alpha value is -1.98. The first-order valence-corrected chi connectivity index (χ1v) is 9.00. The third-order valence-corrected chi connectivity index (χ3v) is 5.07. The highest BCUT2D eigenvalue weighted by molar-refractivity contribution is 7.80. The van der Waals surface area contributed by atoms with Crippen LogP contribution in [0.3, 0.4) is 0 Å². The molecule has 0 saturated heterocycles. The molecule has 116 valence electrons. The summed E-state index contributed by atoms with van der Waals surface area (Å²) < 4.78 is 1.25. The van der Waals surface area contributed by atoms with Crippen LogP contribution in [0.2, 0.25) is 0 Å². The van der Waals surface area contributed by atoms with Crippen LogP contribution in [0.4, 0.5) is 5.69 Å². The quantitative estimate of drug-likeness (QED) is 0.694. The number of hydrogen-bond donors (Lipinski definition) is 2. The van der Waals surface area contributed by atoms with Gasteiger partial charge in [0.1, 0.15) is 0 Å². The van der Waals surface area contributed by atoms with E-state index >= 15 is 0 Å². The smallest absolute Gasteiger partial charge is 0.170 e. The van der Waals surface area contributed by atoms with Gasteiger partial charge in [0, 0.05) is 18.2 Å². The molecule has 1 fully saturated rings. The highest BCUT2D eigenvalue weighted by Gasteiger charge is 2.21. The molecule has 0 bridgehead atoms. The molecule has 1 aliphatic rings. The fraction of sp³-hybridized carbons (Fsp3) is 0.222. The van der Waals surface area contributed by atoms with Crippen LogP contribution in [0.25, 0.3) is 10.2 Å². The molecule has 1 aliphatic carbocycles. The first kappa shape index (κ1) is 14.6.